The van der Waals surface area contributed by atoms with Gasteiger partial charge in [0.2, 0.25) is 10.0 Å². The van der Waals surface area contributed by atoms with Crippen molar-refractivity contribution in [1.29, 1.82) is 0 Å². The molecule has 0 N–H and O–H groups in total. The highest BCUT2D eigenvalue weighted by atomic mass is 32.2. The van der Waals surface area contributed by atoms with Crippen LogP contribution in [0, 0.1) is 0 Å². The van der Waals surface area contributed by atoms with Gasteiger partial charge in [0.15, 0.2) is 5.82 Å². The first kappa shape index (κ1) is 23.0. The van der Waals surface area contributed by atoms with Crippen molar-refractivity contribution >= 4 is 15.8 Å². The van der Waals surface area contributed by atoms with Gasteiger partial charge >= 0.3 is 0 Å². The Hall–Kier alpha value is -3.17. The average molecular weight is 469 g/mol. The normalized spacial score (nSPS) is 14.8. The molecule has 0 radical (unpaired) electrons. The van der Waals surface area contributed by atoms with Crippen LogP contribution in [0.1, 0.15) is 12.5 Å². The Morgan fingerprint density at radius 3 is 2.18 bits per heavy atom. The average Bonchev–Trinajstić information content (AvgIpc) is 2.88. The Morgan fingerprint density at radius 2 is 1.61 bits per heavy atom. The number of hydrogen-bond donors (Lipinski definition) is 0. The van der Waals surface area contributed by atoms with Crippen molar-refractivity contribution in [2.75, 3.05) is 45.3 Å². The molecule has 0 spiro atoms. The zero-order chi connectivity index (χ0) is 23.4. The fourth-order valence-corrected chi connectivity index (χ4v) is 5.40. The van der Waals surface area contributed by atoms with Gasteiger partial charge in [-0.2, -0.15) is 4.31 Å². The van der Waals surface area contributed by atoms with Gasteiger partial charge in [-0.05, 0) is 36.2 Å². The summed E-state index contributed by atoms with van der Waals surface area (Å²) in [6.07, 6.45) is 0.998. The van der Waals surface area contributed by atoms with Crippen LogP contribution in [0.25, 0.3) is 11.3 Å². The van der Waals surface area contributed by atoms with E-state index in [0.717, 1.165) is 23.5 Å². The van der Waals surface area contributed by atoms with E-state index in [1.807, 2.05) is 17.0 Å². The molecule has 1 aromatic heterocycles. The van der Waals surface area contributed by atoms with Crippen LogP contribution in [0.2, 0.25) is 0 Å². The summed E-state index contributed by atoms with van der Waals surface area (Å²) in [5.41, 5.74) is 3.12. The highest BCUT2D eigenvalue weighted by molar-refractivity contribution is 7.89. The summed E-state index contributed by atoms with van der Waals surface area (Å²) in [4.78, 5) is 2.19. The summed E-state index contributed by atoms with van der Waals surface area (Å²) in [7, 11) is -0.716. The molecular weight excluding hydrogens is 440 g/mol. The van der Waals surface area contributed by atoms with Crippen molar-refractivity contribution < 1.29 is 17.9 Å². The quantitative estimate of drug-likeness (QED) is 0.526. The molecule has 9 heteroatoms. The summed E-state index contributed by atoms with van der Waals surface area (Å²) in [6, 6.07) is 16.9. The zero-order valence-electron chi connectivity index (χ0n) is 19.1. The Morgan fingerprint density at radius 1 is 0.879 bits per heavy atom. The summed E-state index contributed by atoms with van der Waals surface area (Å²) in [6.45, 7) is 3.87. The Balaban J connectivity index is 1.44. The van der Waals surface area contributed by atoms with Crippen molar-refractivity contribution in [2.24, 2.45) is 0 Å². The van der Waals surface area contributed by atoms with E-state index in [1.54, 1.807) is 12.1 Å². The maximum absolute atomic E-state index is 13.2. The Labute approximate surface area is 194 Å². The van der Waals surface area contributed by atoms with Crippen LogP contribution in [-0.4, -0.2) is 63.3 Å². The lowest BCUT2D eigenvalue weighted by Gasteiger charge is -2.34. The van der Waals surface area contributed by atoms with Crippen LogP contribution in [0.15, 0.2) is 59.5 Å². The molecule has 0 bridgehead atoms. The van der Waals surface area contributed by atoms with Crippen LogP contribution < -0.4 is 14.4 Å². The van der Waals surface area contributed by atoms with E-state index in [-0.39, 0.29) is 10.6 Å². The second kappa shape index (κ2) is 9.76. The summed E-state index contributed by atoms with van der Waals surface area (Å²) in [5.74, 6) is 1.55. The highest BCUT2D eigenvalue weighted by Crippen LogP contribution is 2.31. The van der Waals surface area contributed by atoms with Gasteiger partial charge in [-0.25, -0.2) is 8.42 Å². The number of sulfonamides is 1. The predicted molar refractivity (Wildman–Crippen MR) is 127 cm³/mol. The van der Waals surface area contributed by atoms with E-state index in [9.17, 15) is 8.42 Å². The molecule has 3 aromatic rings. The summed E-state index contributed by atoms with van der Waals surface area (Å²) >= 11 is 0. The van der Waals surface area contributed by atoms with Crippen molar-refractivity contribution in [3.8, 4) is 22.8 Å². The topological polar surface area (TPSA) is 84.9 Å². The monoisotopic (exact) mass is 468 g/mol. The van der Waals surface area contributed by atoms with Gasteiger partial charge in [0.05, 0.1) is 19.9 Å². The third-order valence-corrected chi connectivity index (χ3v) is 7.80. The van der Waals surface area contributed by atoms with Crippen LogP contribution in [0.4, 0.5) is 5.82 Å². The van der Waals surface area contributed by atoms with Crippen molar-refractivity contribution in [3.63, 3.8) is 0 Å². The maximum Gasteiger partial charge on any atom is 0.246 e. The summed E-state index contributed by atoms with van der Waals surface area (Å²) in [5, 5.41) is 8.77. The molecule has 0 amide bonds. The van der Waals surface area contributed by atoms with E-state index >= 15 is 0 Å². The summed E-state index contributed by atoms with van der Waals surface area (Å²) < 4.78 is 38.4. The minimum Gasteiger partial charge on any atom is -0.497 e. The van der Waals surface area contributed by atoms with Crippen molar-refractivity contribution in [2.45, 2.75) is 18.2 Å². The number of hydrogen-bond acceptors (Lipinski definition) is 7. The van der Waals surface area contributed by atoms with Crippen LogP contribution in [0.3, 0.4) is 0 Å². The molecule has 8 nitrogen and oxygen atoms in total. The van der Waals surface area contributed by atoms with Gasteiger partial charge in [0.25, 0.3) is 0 Å². The number of anilines is 1. The highest BCUT2D eigenvalue weighted by Gasteiger charge is 2.31. The third kappa shape index (κ3) is 4.79. The first-order valence-corrected chi connectivity index (χ1v) is 12.3. The minimum atomic E-state index is -3.69. The number of nitrogens with zero attached hydrogens (tertiary/aromatic N) is 4. The molecule has 4 rings (SSSR count). The Kier molecular flexibility index (Phi) is 6.80. The van der Waals surface area contributed by atoms with Crippen LogP contribution in [0.5, 0.6) is 11.5 Å². The molecule has 0 unspecified atom stereocenters. The lowest BCUT2D eigenvalue weighted by molar-refractivity contribution is 0.369. The van der Waals surface area contributed by atoms with Crippen molar-refractivity contribution in [1.82, 2.24) is 14.5 Å². The molecule has 2 aromatic carbocycles. The van der Waals surface area contributed by atoms with E-state index in [1.165, 1.54) is 30.2 Å². The zero-order valence-corrected chi connectivity index (χ0v) is 19.9. The van der Waals surface area contributed by atoms with Crippen LogP contribution in [-0.2, 0) is 16.4 Å². The van der Waals surface area contributed by atoms with E-state index < -0.39 is 10.0 Å². The fourth-order valence-electron chi connectivity index (χ4n) is 3.84. The molecule has 0 aliphatic carbocycles. The number of benzene rings is 2. The largest absolute Gasteiger partial charge is 0.497 e. The van der Waals surface area contributed by atoms with Gasteiger partial charge in [0, 0.05) is 37.8 Å². The molecule has 0 atom stereocenters. The number of rotatable bonds is 7. The molecule has 174 valence electrons. The van der Waals surface area contributed by atoms with Gasteiger partial charge in [-0.3, -0.25) is 0 Å². The molecule has 0 saturated carbocycles. The number of ether oxygens (including phenoxy) is 2. The maximum atomic E-state index is 13.2. The lowest BCUT2D eigenvalue weighted by atomic mass is 10.1. The molecule has 1 fully saturated rings. The van der Waals surface area contributed by atoms with Gasteiger partial charge in [-0.1, -0.05) is 31.2 Å². The first-order valence-electron chi connectivity index (χ1n) is 10.9. The van der Waals surface area contributed by atoms with E-state index in [4.69, 9.17) is 9.47 Å². The molecule has 1 saturated heterocycles. The van der Waals surface area contributed by atoms with Crippen molar-refractivity contribution in [3.05, 3.63) is 60.2 Å². The predicted octanol–water partition coefficient (Wildman–Crippen LogP) is 3.23. The SMILES string of the molecule is CCc1ccc(-c2ccc(N3CCN(S(=O)(=O)c4ccc(OC)cc4OC)CC3)nn2)cc1. The van der Waals surface area contributed by atoms with Gasteiger partial charge in [-0.15, -0.1) is 10.2 Å². The Bertz CT molecular complexity index is 1190. The van der Waals surface area contributed by atoms with Crippen LogP contribution >= 0.6 is 0 Å². The number of aromatic nitrogens is 2. The van der Waals surface area contributed by atoms with E-state index in [2.05, 4.69) is 41.4 Å². The molecule has 2 heterocycles. The fraction of sp³-hybridized carbons (Fsp3) is 0.333. The lowest BCUT2D eigenvalue weighted by Crippen LogP contribution is -2.49. The number of methoxy groups -OCH3 is 2. The standard InChI is InChI=1S/C24H28N4O4S/c1-4-18-5-7-19(8-6-18)21-10-12-24(26-25-21)27-13-15-28(16-14-27)33(29,30)23-11-9-20(31-2)17-22(23)32-3/h5-12,17H,4,13-16H2,1-3H3. The molecular formula is C24H28N4O4S. The second-order valence-electron chi connectivity index (χ2n) is 7.74. The smallest absolute Gasteiger partial charge is 0.246 e. The van der Waals surface area contributed by atoms with Gasteiger partial charge < -0.3 is 14.4 Å². The number of aryl methyl sites for hydroxylation is 1. The molecule has 1 aliphatic rings. The van der Waals surface area contributed by atoms with E-state index in [0.29, 0.717) is 31.9 Å². The third-order valence-electron chi connectivity index (χ3n) is 5.86. The minimum absolute atomic E-state index is 0.137. The van der Waals surface area contributed by atoms with Gasteiger partial charge in [0.1, 0.15) is 16.4 Å². The molecule has 33 heavy (non-hydrogen) atoms. The number of piperazine rings is 1. The first-order chi connectivity index (χ1) is 16.0. The second-order valence-corrected chi connectivity index (χ2v) is 9.64. The molecule has 1 aliphatic heterocycles.